The summed E-state index contributed by atoms with van der Waals surface area (Å²) in [4.78, 5) is 24.5. The third kappa shape index (κ3) is 4.30. The van der Waals surface area contributed by atoms with Crippen LogP contribution in [0.25, 0.3) is 0 Å². The zero-order valence-electron chi connectivity index (χ0n) is 15.1. The van der Waals surface area contributed by atoms with E-state index in [9.17, 15) is 4.79 Å². The number of amides is 1. The summed E-state index contributed by atoms with van der Waals surface area (Å²) in [6.07, 6.45) is 7.46. The highest BCUT2D eigenvalue weighted by molar-refractivity contribution is 6.28. The van der Waals surface area contributed by atoms with Gasteiger partial charge in [0.2, 0.25) is 5.28 Å². The average Bonchev–Trinajstić information content (AvgIpc) is 2.62. The van der Waals surface area contributed by atoms with E-state index in [0.717, 1.165) is 17.1 Å². The number of aromatic nitrogens is 3. The molecule has 6 nitrogen and oxygen atoms in total. The molecule has 138 valence electrons. The molecule has 1 aliphatic carbocycles. The zero-order chi connectivity index (χ0) is 18.7. The standard InChI is InChI=1S/C19H24ClN5O/c1-11(2)15-8-13(9-16(24-15)12-6-4-3-5-7-12)23-18-14(17(21)26)10-22-19(20)25-18/h8-12H,3-7H2,1-2H3,(H2,21,26)(H,22,23,24,25). The van der Waals surface area contributed by atoms with Crippen LogP contribution in [-0.4, -0.2) is 20.9 Å². The number of pyridine rings is 1. The molecule has 2 aromatic heterocycles. The van der Waals surface area contributed by atoms with Gasteiger partial charge in [0.1, 0.15) is 11.4 Å². The van der Waals surface area contributed by atoms with Gasteiger partial charge < -0.3 is 11.1 Å². The summed E-state index contributed by atoms with van der Waals surface area (Å²) < 4.78 is 0. The minimum Gasteiger partial charge on any atom is -0.365 e. The first kappa shape index (κ1) is 18.6. The van der Waals surface area contributed by atoms with Crippen molar-refractivity contribution in [3.8, 4) is 0 Å². The van der Waals surface area contributed by atoms with Crippen LogP contribution in [0.15, 0.2) is 18.3 Å². The predicted molar refractivity (Wildman–Crippen MR) is 103 cm³/mol. The molecule has 1 amide bonds. The Hall–Kier alpha value is -2.21. The number of hydrogen-bond acceptors (Lipinski definition) is 5. The predicted octanol–water partition coefficient (Wildman–Crippen LogP) is 4.54. The van der Waals surface area contributed by atoms with Crippen LogP contribution in [0.3, 0.4) is 0 Å². The van der Waals surface area contributed by atoms with Crippen LogP contribution in [0.1, 0.15) is 79.5 Å². The molecule has 0 spiro atoms. The Morgan fingerprint density at radius 2 is 1.96 bits per heavy atom. The van der Waals surface area contributed by atoms with Gasteiger partial charge in [-0.15, -0.1) is 0 Å². The Balaban J connectivity index is 1.98. The van der Waals surface area contributed by atoms with E-state index in [0.29, 0.717) is 17.7 Å². The SMILES string of the molecule is CC(C)c1cc(Nc2nc(Cl)ncc2C(N)=O)cc(C2CCCCC2)n1. The highest BCUT2D eigenvalue weighted by Gasteiger charge is 2.19. The third-order valence-corrected chi connectivity index (χ3v) is 4.95. The molecule has 3 N–H and O–H groups in total. The molecule has 0 atom stereocenters. The van der Waals surface area contributed by atoms with Gasteiger partial charge in [0, 0.05) is 29.2 Å². The van der Waals surface area contributed by atoms with E-state index in [4.69, 9.17) is 22.3 Å². The van der Waals surface area contributed by atoms with Crippen molar-refractivity contribution in [2.45, 2.75) is 57.8 Å². The molecule has 7 heteroatoms. The molecule has 1 saturated carbocycles. The topological polar surface area (TPSA) is 93.8 Å². The van der Waals surface area contributed by atoms with Gasteiger partial charge in [-0.25, -0.2) is 4.98 Å². The first-order chi connectivity index (χ1) is 12.4. The number of nitrogens with zero attached hydrogens (tertiary/aromatic N) is 3. The molecule has 2 heterocycles. The molecule has 0 saturated heterocycles. The largest absolute Gasteiger partial charge is 0.365 e. The summed E-state index contributed by atoms with van der Waals surface area (Å²) in [5, 5.41) is 3.25. The van der Waals surface area contributed by atoms with Gasteiger partial charge in [0.25, 0.3) is 5.91 Å². The average molecular weight is 374 g/mol. The zero-order valence-corrected chi connectivity index (χ0v) is 15.9. The van der Waals surface area contributed by atoms with E-state index in [1.807, 2.05) is 12.1 Å². The monoisotopic (exact) mass is 373 g/mol. The van der Waals surface area contributed by atoms with E-state index < -0.39 is 5.91 Å². The first-order valence-corrected chi connectivity index (χ1v) is 9.43. The maximum atomic E-state index is 11.7. The van der Waals surface area contributed by atoms with Crippen LogP contribution < -0.4 is 11.1 Å². The van der Waals surface area contributed by atoms with Crippen LogP contribution in [0, 0.1) is 0 Å². The van der Waals surface area contributed by atoms with E-state index >= 15 is 0 Å². The Labute approximate surface area is 158 Å². The van der Waals surface area contributed by atoms with Gasteiger partial charge in [-0.3, -0.25) is 9.78 Å². The van der Waals surface area contributed by atoms with Crippen molar-refractivity contribution in [3.05, 3.63) is 40.6 Å². The molecule has 0 aliphatic heterocycles. The molecule has 0 unspecified atom stereocenters. The molecule has 26 heavy (non-hydrogen) atoms. The molecule has 0 bridgehead atoms. The van der Waals surface area contributed by atoms with Crippen molar-refractivity contribution >= 4 is 29.0 Å². The van der Waals surface area contributed by atoms with Crippen LogP contribution in [0.2, 0.25) is 5.28 Å². The lowest BCUT2D eigenvalue weighted by atomic mass is 9.86. The number of primary amides is 1. The Morgan fingerprint density at radius 3 is 2.62 bits per heavy atom. The summed E-state index contributed by atoms with van der Waals surface area (Å²) in [5.74, 6) is 0.485. The lowest BCUT2D eigenvalue weighted by molar-refractivity contribution is 0.100. The maximum absolute atomic E-state index is 11.7. The van der Waals surface area contributed by atoms with E-state index in [1.54, 1.807) is 0 Å². The molecule has 1 aliphatic rings. The number of rotatable bonds is 5. The van der Waals surface area contributed by atoms with Gasteiger partial charge in [-0.2, -0.15) is 4.98 Å². The second-order valence-electron chi connectivity index (χ2n) is 7.09. The van der Waals surface area contributed by atoms with Crippen molar-refractivity contribution < 1.29 is 4.79 Å². The highest BCUT2D eigenvalue weighted by Crippen LogP contribution is 2.34. The first-order valence-electron chi connectivity index (χ1n) is 9.05. The van der Waals surface area contributed by atoms with Crippen LogP contribution in [0.4, 0.5) is 11.5 Å². The third-order valence-electron chi connectivity index (χ3n) is 4.77. The Bertz CT molecular complexity index is 803. The summed E-state index contributed by atoms with van der Waals surface area (Å²) >= 11 is 5.90. The van der Waals surface area contributed by atoms with Crippen LogP contribution >= 0.6 is 11.6 Å². The normalized spacial score (nSPS) is 15.2. The number of carbonyl (C=O) groups is 1. The summed E-state index contributed by atoms with van der Waals surface area (Å²) in [7, 11) is 0. The fraction of sp³-hybridized carbons (Fsp3) is 0.474. The lowest BCUT2D eigenvalue weighted by Crippen LogP contribution is -2.15. The van der Waals surface area contributed by atoms with E-state index in [2.05, 4.69) is 29.1 Å². The minimum absolute atomic E-state index is 0.0585. The maximum Gasteiger partial charge on any atom is 0.254 e. The minimum atomic E-state index is -0.602. The molecule has 0 radical (unpaired) electrons. The highest BCUT2D eigenvalue weighted by atomic mass is 35.5. The summed E-state index contributed by atoms with van der Waals surface area (Å²) in [6.45, 7) is 4.24. The summed E-state index contributed by atoms with van der Waals surface area (Å²) in [5.41, 5.74) is 8.58. The second kappa shape index (κ2) is 7.99. The number of nitrogens with one attached hydrogen (secondary N) is 1. The van der Waals surface area contributed by atoms with Gasteiger partial charge in [-0.05, 0) is 42.5 Å². The van der Waals surface area contributed by atoms with Crippen LogP contribution in [-0.2, 0) is 0 Å². The number of carbonyl (C=O) groups excluding carboxylic acids is 1. The smallest absolute Gasteiger partial charge is 0.254 e. The fourth-order valence-corrected chi connectivity index (χ4v) is 3.46. The van der Waals surface area contributed by atoms with Crippen molar-refractivity contribution in [2.75, 3.05) is 5.32 Å². The van der Waals surface area contributed by atoms with Crippen molar-refractivity contribution in [2.24, 2.45) is 5.73 Å². The fourth-order valence-electron chi connectivity index (χ4n) is 3.32. The molecule has 2 aromatic rings. The van der Waals surface area contributed by atoms with Crippen molar-refractivity contribution in [3.63, 3.8) is 0 Å². The summed E-state index contributed by atoms with van der Waals surface area (Å²) in [6, 6.07) is 4.03. The van der Waals surface area contributed by atoms with E-state index in [1.165, 1.54) is 38.3 Å². The second-order valence-corrected chi connectivity index (χ2v) is 7.42. The van der Waals surface area contributed by atoms with Crippen molar-refractivity contribution in [1.82, 2.24) is 15.0 Å². The quantitative estimate of drug-likeness (QED) is 0.750. The lowest BCUT2D eigenvalue weighted by Gasteiger charge is -2.23. The molecule has 0 aromatic carbocycles. The van der Waals surface area contributed by atoms with Gasteiger partial charge in [0.05, 0.1) is 0 Å². The number of anilines is 2. The number of halogens is 1. The van der Waals surface area contributed by atoms with Crippen LogP contribution in [0.5, 0.6) is 0 Å². The van der Waals surface area contributed by atoms with E-state index in [-0.39, 0.29) is 10.8 Å². The number of nitrogens with two attached hydrogens (primary N) is 1. The molecular weight excluding hydrogens is 350 g/mol. The van der Waals surface area contributed by atoms with Gasteiger partial charge >= 0.3 is 0 Å². The van der Waals surface area contributed by atoms with Gasteiger partial charge in [0.15, 0.2) is 0 Å². The molecule has 3 rings (SSSR count). The van der Waals surface area contributed by atoms with Gasteiger partial charge in [-0.1, -0.05) is 33.1 Å². The Kier molecular flexibility index (Phi) is 5.71. The van der Waals surface area contributed by atoms with Crippen molar-refractivity contribution in [1.29, 1.82) is 0 Å². The number of hydrogen-bond donors (Lipinski definition) is 2. The molecule has 1 fully saturated rings. The molecular formula is C19H24ClN5O. The Morgan fingerprint density at radius 1 is 1.23 bits per heavy atom.